The second-order valence-electron chi connectivity index (χ2n) is 5.11. The van der Waals surface area contributed by atoms with E-state index >= 15 is 0 Å². The van der Waals surface area contributed by atoms with Crippen LogP contribution in [0.25, 0.3) is 0 Å². The van der Waals surface area contributed by atoms with Crippen molar-refractivity contribution in [3.63, 3.8) is 0 Å². The number of nitrogens with zero attached hydrogens (tertiary/aromatic N) is 2. The molecule has 2 rings (SSSR count). The van der Waals surface area contributed by atoms with Crippen LogP contribution >= 0.6 is 0 Å². The number of hydrogen-bond acceptors (Lipinski definition) is 4. The lowest BCUT2D eigenvalue weighted by atomic mass is 10.0. The molecule has 1 saturated heterocycles. The van der Waals surface area contributed by atoms with Crippen LogP contribution in [0.3, 0.4) is 0 Å². The molecule has 0 radical (unpaired) electrons. The Labute approximate surface area is 119 Å². The molecule has 0 bridgehead atoms. The van der Waals surface area contributed by atoms with Crippen molar-refractivity contribution >= 4 is 10.2 Å². The number of piperidine rings is 1. The molecule has 3 N–H and O–H groups in total. The zero-order valence-electron chi connectivity index (χ0n) is 11.6. The predicted molar refractivity (Wildman–Crippen MR) is 75.1 cm³/mol. The molecule has 1 aromatic heterocycles. The summed E-state index contributed by atoms with van der Waals surface area (Å²) in [7, 11) is -3.55. The number of H-pyrrole nitrogens is 1. The Hall–Kier alpha value is -0.960. The number of aromatic nitrogens is 2. The first-order valence-corrected chi connectivity index (χ1v) is 8.38. The van der Waals surface area contributed by atoms with Gasteiger partial charge in [-0.1, -0.05) is 6.92 Å². The van der Waals surface area contributed by atoms with E-state index in [4.69, 9.17) is 0 Å². The Morgan fingerprint density at radius 2 is 2.45 bits per heavy atom. The monoisotopic (exact) mass is 302 g/mol. The van der Waals surface area contributed by atoms with E-state index in [-0.39, 0.29) is 18.6 Å². The van der Waals surface area contributed by atoms with Crippen molar-refractivity contribution in [1.82, 2.24) is 19.0 Å². The van der Waals surface area contributed by atoms with Crippen LogP contribution < -0.4 is 4.72 Å². The largest absolute Gasteiger partial charge is 0.396 e. The highest BCUT2D eigenvalue weighted by Gasteiger charge is 2.30. The lowest BCUT2D eigenvalue weighted by Crippen LogP contribution is -2.47. The van der Waals surface area contributed by atoms with Crippen LogP contribution in [-0.2, 0) is 10.2 Å². The Morgan fingerprint density at radius 1 is 1.65 bits per heavy atom. The first-order chi connectivity index (χ1) is 9.56. The Kier molecular flexibility index (Phi) is 5.14. The van der Waals surface area contributed by atoms with Gasteiger partial charge in [0.1, 0.15) is 5.82 Å². The second-order valence-corrected chi connectivity index (χ2v) is 6.81. The van der Waals surface area contributed by atoms with Gasteiger partial charge in [0.05, 0.1) is 6.04 Å². The van der Waals surface area contributed by atoms with E-state index in [2.05, 4.69) is 14.7 Å². The number of nitrogens with one attached hydrogen (secondary N) is 2. The van der Waals surface area contributed by atoms with E-state index in [0.717, 1.165) is 12.8 Å². The highest BCUT2D eigenvalue weighted by atomic mass is 32.2. The maximum absolute atomic E-state index is 12.4. The third kappa shape index (κ3) is 3.57. The first kappa shape index (κ1) is 15.4. The second kappa shape index (κ2) is 6.66. The van der Waals surface area contributed by atoms with Crippen LogP contribution in [0.1, 0.15) is 38.1 Å². The summed E-state index contributed by atoms with van der Waals surface area (Å²) in [5, 5.41) is 9.20. The van der Waals surface area contributed by atoms with E-state index in [1.165, 1.54) is 4.31 Å². The van der Waals surface area contributed by atoms with Gasteiger partial charge in [0.2, 0.25) is 0 Å². The van der Waals surface area contributed by atoms with Gasteiger partial charge in [-0.2, -0.15) is 17.4 Å². The van der Waals surface area contributed by atoms with Gasteiger partial charge in [-0.25, -0.2) is 4.98 Å². The summed E-state index contributed by atoms with van der Waals surface area (Å²) in [5.74, 6) is 0.649. The van der Waals surface area contributed by atoms with Crippen molar-refractivity contribution in [3.8, 4) is 0 Å². The highest BCUT2D eigenvalue weighted by molar-refractivity contribution is 7.87. The molecule has 1 fully saturated rings. The molecule has 1 aliphatic heterocycles. The molecule has 1 aromatic rings. The third-order valence-corrected chi connectivity index (χ3v) is 5.22. The summed E-state index contributed by atoms with van der Waals surface area (Å²) < 4.78 is 28.9. The van der Waals surface area contributed by atoms with E-state index in [1.807, 2.05) is 6.92 Å². The smallest absolute Gasteiger partial charge is 0.280 e. The maximum atomic E-state index is 12.4. The average molecular weight is 302 g/mol. The fourth-order valence-corrected chi connectivity index (χ4v) is 4.01. The van der Waals surface area contributed by atoms with Crippen molar-refractivity contribution in [2.45, 2.75) is 32.2 Å². The van der Waals surface area contributed by atoms with Gasteiger partial charge in [0, 0.05) is 32.1 Å². The van der Waals surface area contributed by atoms with Gasteiger partial charge in [-0.3, -0.25) is 0 Å². The first-order valence-electron chi connectivity index (χ1n) is 6.94. The van der Waals surface area contributed by atoms with Crippen molar-refractivity contribution < 1.29 is 13.5 Å². The maximum Gasteiger partial charge on any atom is 0.280 e. The van der Waals surface area contributed by atoms with E-state index in [0.29, 0.717) is 25.3 Å². The van der Waals surface area contributed by atoms with E-state index in [1.54, 1.807) is 12.4 Å². The van der Waals surface area contributed by atoms with Gasteiger partial charge < -0.3 is 10.1 Å². The molecular formula is C12H22N4O3S. The van der Waals surface area contributed by atoms with E-state index in [9.17, 15) is 13.5 Å². The van der Waals surface area contributed by atoms with Crippen molar-refractivity contribution in [2.24, 2.45) is 5.92 Å². The molecule has 114 valence electrons. The summed E-state index contributed by atoms with van der Waals surface area (Å²) in [6.45, 7) is 2.81. The van der Waals surface area contributed by atoms with Crippen molar-refractivity contribution in [2.75, 3.05) is 19.7 Å². The number of aromatic amines is 1. The summed E-state index contributed by atoms with van der Waals surface area (Å²) in [6.07, 6.45) is 5.55. The quantitative estimate of drug-likeness (QED) is 0.708. The van der Waals surface area contributed by atoms with Crippen LogP contribution in [0.2, 0.25) is 0 Å². The molecule has 7 nitrogen and oxygen atoms in total. The van der Waals surface area contributed by atoms with Gasteiger partial charge in [-0.15, -0.1) is 0 Å². The van der Waals surface area contributed by atoms with Gasteiger partial charge in [-0.05, 0) is 25.2 Å². The molecule has 0 aromatic carbocycles. The highest BCUT2D eigenvalue weighted by Crippen LogP contribution is 2.20. The van der Waals surface area contributed by atoms with Gasteiger partial charge in [0.25, 0.3) is 10.2 Å². The molecule has 2 atom stereocenters. The topological polar surface area (TPSA) is 98.3 Å². The lowest BCUT2D eigenvalue weighted by Gasteiger charge is -2.32. The van der Waals surface area contributed by atoms with Crippen LogP contribution in [0.4, 0.5) is 0 Å². The molecule has 2 unspecified atom stereocenters. The molecule has 0 saturated carbocycles. The summed E-state index contributed by atoms with van der Waals surface area (Å²) in [5.41, 5.74) is 0. The van der Waals surface area contributed by atoms with Crippen LogP contribution in [0, 0.1) is 5.92 Å². The number of rotatable bonds is 6. The minimum absolute atomic E-state index is 0.0292. The third-order valence-electron chi connectivity index (χ3n) is 3.63. The molecule has 20 heavy (non-hydrogen) atoms. The molecule has 0 spiro atoms. The lowest BCUT2D eigenvalue weighted by molar-refractivity contribution is 0.164. The Morgan fingerprint density at radius 3 is 3.05 bits per heavy atom. The minimum atomic E-state index is -3.55. The summed E-state index contributed by atoms with van der Waals surface area (Å²) in [4.78, 5) is 7.04. The Balaban J connectivity index is 2.06. The molecule has 0 amide bonds. The molecule has 1 aliphatic rings. The van der Waals surface area contributed by atoms with E-state index < -0.39 is 10.2 Å². The molecular weight excluding hydrogens is 280 g/mol. The molecule has 8 heteroatoms. The minimum Gasteiger partial charge on any atom is -0.396 e. The zero-order valence-corrected chi connectivity index (χ0v) is 12.4. The fourth-order valence-electron chi connectivity index (χ4n) is 2.45. The standard InChI is InChI=1S/C12H22N4O3S/c1-2-11(12-13-5-6-14-12)15-20(18,19)16-7-3-4-10(8-16)9-17/h5-6,10-11,15,17H,2-4,7-9H2,1H3,(H,13,14). The van der Waals surface area contributed by atoms with Crippen molar-refractivity contribution in [1.29, 1.82) is 0 Å². The molecule has 2 heterocycles. The SMILES string of the molecule is CCC(NS(=O)(=O)N1CCCC(CO)C1)c1ncc[nH]1. The van der Waals surface area contributed by atoms with Crippen LogP contribution in [0.5, 0.6) is 0 Å². The normalized spacial score (nSPS) is 22.8. The predicted octanol–water partition coefficient (Wildman–Crippen LogP) is 0.399. The van der Waals surface area contributed by atoms with Crippen LogP contribution in [0.15, 0.2) is 12.4 Å². The molecule has 0 aliphatic carbocycles. The van der Waals surface area contributed by atoms with Gasteiger partial charge in [0.15, 0.2) is 0 Å². The summed E-state index contributed by atoms with van der Waals surface area (Å²) >= 11 is 0. The number of hydrogen-bond donors (Lipinski definition) is 3. The van der Waals surface area contributed by atoms with Gasteiger partial charge >= 0.3 is 0 Å². The Bertz CT molecular complexity index is 503. The van der Waals surface area contributed by atoms with Crippen LogP contribution in [-0.4, -0.2) is 47.5 Å². The number of aliphatic hydroxyl groups excluding tert-OH is 1. The number of aliphatic hydroxyl groups is 1. The number of imidazole rings is 1. The average Bonchev–Trinajstić information content (AvgIpc) is 2.99. The zero-order chi connectivity index (χ0) is 14.6. The fraction of sp³-hybridized carbons (Fsp3) is 0.750. The van der Waals surface area contributed by atoms with Crippen molar-refractivity contribution in [3.05, 3.63) is 18.2 Å². The summed E-state index contributed by atoms with van der Waals surface area (Å²) in [6, 6.07) is -0.357.